The molecular formula is C15H15N3. The van der Waals surface area contributed by atoms with Crippen LogP contribution in [-0.4, -0.2) is 12.5 Å². The topological polar surface area (TPSA) is 36.4 Å². The normalized spacial score (nSPS) is 18.9. The number of rotatable bonds is 2. The smallest absolute Gasteiger partial charge is 0.131 e. The van der Waals surface area contributed by atoms with Gasteiger partial charge in [0, 0.05) is 5.56 Å². The van der Waals surface area contributed by atoms with Gasteiger partial charge in [-0.3, -0.25) is 5.32 Å². The van der Waals surface area contributed by atoms with E-state index in [4.69, 9.17) is 4.99 Å². The van der Waals surface area contributed by atoms with Crippen molar-refractivity contribution in [2.75, 3.05) is 6.67 Å². The van der Waals surface area contributed by atoms with Gasteiger partial charge in [-0.25, -0.2) is 4.99 Å². The lowest BCUT2D eigenvalue weighted by Gasteiger charge is -2.24. The Morgan fingerprint density at radius 2 is 1.56 bits per heavy atom. The molecule has 0 saturated carbocycles. The Morgan fingerprint density at radius 3 is 2.28 bits per heavy atom. The molecule has 1 aliphatic heterocycles. The Labute approximate surface area is 107 Å². The van der Waals surface area contributed by atoms with Crippen LogP contribution < -0.4 is 10.6 Å². The highest BCUT2D eigenvalue weighted by Crippen LogP contribution is 2.16. The lowest BCUT2D eigenvalue weighted by molar-refractivity contribution is 0.517. The molecule has 1 aliphatic rings. The van der Waals surface area contributed by atoms with Crippen molar-refractivity contribution >= 4 is 5.84 Å². The SMILES string of the molecule is c1ccc(C2=NC(c3ccccc3)NCN2)cc1. The number of hydrogen-bond acceptors (Lipinski definition) is 3. The third kappa shape index (κ3) is 2.26. The minimum absolute atomic E-state index is 0.0302. The van der Waals surface area contributed by atoms with Crippen LogP contribution in [0, 0.1) is 0 Å². The fraction of sp³-hybridized carbons (Fsp3) is 0.133. The Balaban J connectivity index is 1.91. The van der Waals surface area contributed by atoms with Crippen LogP contribution in [0.5, 0.6) is 0 Å². The molecule has 1 unspecified atom stereocenters. The van der Waals surface area contributed by atoms with Gasteiger partial charge in [0.25, 0.3) is 0 Å². The average Bonchev–Trinajstić information content (AvgIpc) is 2.49. The predicted molar refractivity (Wildman–Crippen MR) is 73.3 cm³/mol. The minimum atomic E-state index is 0.0302. The van der Waals surface area contributed by atoms with Crippen molar-refractivity contribution in [1.29, 1.82) is 0 Å². The van der Waals surface area contributed by atoms with E-state index >= 15 is 0 Å². The zero-order valence-corrected chi connectivity index (χ0v) is 10.0. The summed E-state index contributed by atoms with van der Waals surface area (Å²) in [5.74, 6) is 0.947. The lowest BCUT2D eigenvalue weighted by Crippen LogP contribution is -2.41. The van der Waals surface area contributed by atoms with Gasteiger partial charge in [0.1, 0.15) is 12.0 Å². The second kappa shape index (κ2) is 5.02. The summed E-state index contributed by atoms with van der Waals surface area (Å²) in [5.41, 5.74) is 2.31. The van der Waals surface area contributed by atoms with Crippen molar-refractivity contribution < 1.29 is 0 Å². The first kappa shape index (κ1) is 11.0. The third-order valence-electron chi connectivity index (χ3n) is 2.97. The van der Waals surface area contributed by atoms with E-state index in [-0.39, 0.29) is 6.17 Å². The minimum Gasteiger partial charge on any atom is -0.357 e. The highest BCUT2D eigenvalue weighted by molar-refractivity contribution is 5.99. The van der Waals surface area contributed by atoms with Crippen molar-refractivity contribution in [2.24, 2.45) is 4.99 Å². The lowest BCUT2D eigenvalue weighted by atomic mass is 10.1. The molecule has 2 aromatic carbocycles. The summed E-state index contributed by atoms with van der Waals surface area (Å²) in [6.45, 7) is 0.729. The molecule has 3 heteroatoms. The van der Waals surface area contributed by atoms with E-state index in [1.54, 1.807) is 0 Å². The number of nitrogens with zero attached hydrogens (tertiary/aromatic N) is 1. The fourth-order valence-electron chi connectivity index (χ4n) is 2.05. The van der Waals surface area contributed by atoms with Crippen LogP contribution in [0.2, 0.25) is 0 Å². The number of aliphatic imine (C=N–C) groups is 1. The summed E-state index contributed by atoms with van der Waals surface area (Å²) in [6, 6.07) is 20.5. The zero-order chi connectivity index (χ0) is 12.2. The van der Waals surface area contributed by atoms with Crippen LogP contribution in [-0.2, 0) is 0 Å². The molecule has 2 aromatic rings. The van der Waals surface area contributed by atoms with Crippen LogP contribution in [0.3, 0.4) is 0 Å². The molecule has 1 heterocycles. The first-order valence-electron chi connectivity index (χ1n) is 6.09. The van der Waals surface area contributed by atoms with Crippen molar-refractivity contribution in [3.05, 3.63) is 71.8 Å². The van der Waals surface area contributed by atoms with Gasteiger partial charge in [-0.15, -0.1) is 0 Å². The summed E-state index contributed by atoms with van der Waals surface area (Å²) in [5, 5.41) is 6.61. The van der Waals surface area contributed by atoms with Gasteiger partial charge in [0.2, 0.25) is 0 Å². The summed E-state index contributed by atoms with van der Waals surface area (Å²) >= 11 is 0. The maximum atomic E-state index is 4.72. The molecule has 3 nitrogen and oxygen atoms in total. The average molecular weight is 237 g/mol. The van der Waals surface area contributed by atoms with Gasteiger partial charge in [0.05, 0.1) is 6.67 Å². The highest BCUT2D eigenvalue weighted by Gasteiger charge is 2.15. The Morgan fingerprint density at radius 1 is 0.889 bits per heavy atom. The van der Waals surface area contributed by atoms with Crippen LogP contribution in [0.4, 0.5) is 0 Å². The van der Waals surface area contributed by atoms with Crippen molar-refractivity contribution in [2.45, 2.75) is 6.17 Å². The molecule has 1 atom stereocenters. The second-order valence-electron chi connectivity index (χ2n) is 4.21. The Hall–Kier alpha value is -2.13. The van der Waals surface area contributed by atoms with Gasteiger partial charge in [0.15, 0.2) is 0 Å². The van der Waals surface area contributed by atoms with E-state index in [1.807, 2.05) is 36.4 Å². The van der Waals surface area contributed by atoms with Gasteiger partial charge in [-0.1, -0.05) is 60.7 Å². The van der Waals surface area contributed by atoms with Crippen molar-refractivity contribution in [1.82, 2.24) is 10.6 Å². The van der Waals surface area contributed by atoms with E-state index in [9.17, 15) is 0 Å². The quantitative estimate of drug-likeness (QED) is 0.840. The second-order valence-corrected chi connectivity index (χ2v) is 4.21. The molecule has 0 amide bonds. The molecule has 2 N–H and O–H groups in total. The molecule has 90 valence electrons. The van der Waals surface area contributed by atoms with Gasteiger partial charge in [-0.2, -0.15) is 0 Å². The Kier molecular flexibility index (Phi) is 3.07. The van der Waals surface area contributed by atoms with E-state index in [0.29, 0.717) is 0 Å². The van der Waals surface area contributed by atoms with E-state index in [0.717, 1.165) is 18.1 Å². The van der Waals surface area contributed by atoms with Gasteiger partial charge < -0.3 is 5.32 Å². The monoisotopic (exact) mass is 237 g/mol. The number of amidine groups is 1. The van der Waals surface area contributed by atoms with Gasteiger partial charge in [-0.05, 0) is 5.56 Å². The summed E-state index contributed by atoms with van der Waals surface area (Å²) in [7, 11) is 0. The van der Waals surface area contributed by atoms with Gasteiger partial charge >= 0.3 is 0 Å². The van der Waals surface area contributed by atoms with E-state index < -0.39 is 0 Å². The number of nitrogens with one attached hydrogen (secondary N) is 2. The molecule has 0 aliphatic carbocycles. The predicted octanol–water partition coefficient (Wildman–Crippen LogP) is 2.28. The van der Waals surface area contributed by atoms with Crippen LogP contribution in [0.1, 0.15) is 17.3 Å². The molecular weight excluding hydrogens is 222 g/mol. The maximum Gasteiger partial charge on any atom is 0.131 e. The maximum absolute atomic E-state index is 4.72. The van der Waals surface area contributed by atoms with Crippen LogP contribution in [0.15, 0.2) is 65.7 Å². The number of hydrogen-bond donors (Lipinski definition) is 2. The standard InChI is InChI=1S/C15H15N3/c1-3-7-12(8-4-1)14-16-11-17-15(18-14)13-9-5-2-6-10-13/h1-10,14,16H,11H2,(H,17,18). The molecule has 0 aromatic heterocycles. The zero-order valence-electron chi connectivity index (χ0n) is 10.0. The molecule has 0 radical (unpaired) electrons. The molecule has 3 rings (SSSR count). The number of benzene rings is 2. The summed E-state index contributed by atoms with van der Waals surface area (Å²) in [4.78, 5) is 4.72. The van der Waals surface area contributed by atoms with Crippen molar-refractivity contribution in [3.63, 3.8) is 0 Å². The first-order valence-corrected chi connectivity index (χ1v) is 6.09. The molecule has 0 bridgehead atoms. The van der Waals surface area contributed by atoms with Crippen LogP contribution in [0.25, 0.3) is 0 Å². The Bertz CT molecular complexity index is 534. The highest BCUT2D eigenvalue weighted by atomic mass is 15.2. The molecule has 18 heavy (non-hydrogen) atoms. The van der Waals surface area contributed by atoms with E-state index in [2.05, 4.69) is 34.9 Å². The largest absolute Gasteiger partial charge is 0.357 e. The summed E-state index contributed by atoms with van der Waals surface area (Å²) < 4.78 is 0. The molecule has 0 spiro atoms. The third-order valence-corrected chi connectivity index (χ3v) is 2.97. The molecule has 0 fully saturated rings. The van der Waals surface area contributed by atoms with Crippen LogP contribution >= 0.6 is 0 Å². The molecule has 0 saturated heterocycles. The fourth-order valence-corrected chi connectivity index (χ4v) is 2.05. The summed E-state index contributed by atoms with van der Waals surface area (Å²) in [6.07, 6.45) is 0.0302. The first-order chi connectivity index (χ1) is 8.93. The van der Waals surface area contributed by atoms with E-state index in [1.165, 1.54) is 5.56 Å². The van der Waals surface area contributed by atoms with Crippen molar-refractivity contribution in [3.8, 4) is 0 Å².